The molecule has 0 atom stereocenters. The molecule has 0 spiro atoms. The van der Waals surface area contributed by atoms with Crippen LogP contribution in [0.5, 0.6) is 0 Å². The number of hydrogen-bond donors (Lipinski definition) is 0. The van der Waals surface area contributed by atoms with Crippen molar-refractivity contribution in [3.05, 3.63) is 0 Å². The van der Waals surface area contributed by atoms with Crippen LogP contribution in [-0.4, -0.2) is 37.4 Å². The lowest BCUT2D eigenvalue weighted by Crippen LogP contribution is -2.09. The topological polar surface area (TPSA) is 9.23 Å². The van der Waals surface area contributed by atoms with Crippen molar-refractivity contribution in [2.24, 2.45) is 0 Å². The SMILES string of the molecule is C[SiH2]O[SiH2][SiH2][SiH3]. The molecule has 0 saturated carbocycles. The van der Waals surface area contributed by atoms with Crippen LogP contribution >= 0.6 is 0 Å². The third kappa shape index (κ3) is 4.83. The van der Waals surface area contributed by atoms with Gasteiger partial charge in [0.05, 0.1) is 0 Å². The second-order valence-corrected chi connectivity index (χ2v) is 18.0. The summed E-state index contributed by atoms with van der Waals surface area (Å²) in [5.74, 6) is 0. The second-order valence-electron chi connectivity index (χ2n) is 1.20. The summed E-state index contributed by atoms with van der Waals surface area (Å²) in [6, 6.07) is 0. The molecule has 0 aromatic rings. The van der Waals surface area contributed by atoms with Gasteiger partial charge >= 0.3 is 0 Å². The minimum absolute atomic E-state index is 0.0217. The molecule has 6 heavy (non-hydrogen) atoms. The fourth-order valence-corrected chi connectivity index (χ4v) is 15.6. The Morgan fingerprint density at radius 3 is 2.50 bits per heavy atom. The molecule has 38 valence electrons. The molecule has 0 aliphatic carbocycles. The standard InChI is InChI=1S/CH12OSi4/c1-4-2-5-6-3/h4-6H2,1,3H3. The van der Waals surface area contributed by atoms with Gasteiger partial charge in [0.25, 0.3) is 0 Å². The zero-order valence-corrected chi connectivity index (χ0v) is 10.8. The van der Waals surface area contributed by atoms with Gasteiger partial charge in [-0.15, -0.1) is 0 Å². The summed E-state index contributed by atoms with van der Waals surface area (Å²) in [5, 5.41) is 0. The van der Waals surface area contributed by atoms with Gasteiger partial charge in [-0.2, -0.15) is 0 Å². The first-order valence-electron chi connectivity index (χ1n) is 2.49. The van der Waals surface area contributed by atoms with Gasteiger partial charge in [-0.3, -0.25) is 0 Å². The summed E-state index contributed by atoms with van der Waals surface area (Å²) >= 11 is 0. The summed E-state index contributed by atoms with van der Waals surface area (Å²) in [6.07, 6.45) is 0. The fourth-order valence-electron chi connectivity index (χ4n) is 0.289. The molecule has 0 saturated heterocycles. The molecule has 0 unspecified atom stereocenters. The molecule has 5 heteroatoms. The monoisotopic (exact) mass is 152 g/mol. The molecular formula is CH12OSi4. The molecule has 1 nitrogen and oxygen atoms in total. The minimum Gasteiger partial charge on any atom is -0.469 e. The van der Waals surface area contributed by atoms with E-state index in [1.165, 1.54) is 9.76 Å². The Morgan fingerprint density at radius 1 is 1.67 bits per heavy atom. The Kier molecular flexibility index (Phi) is 6.63. The average molecular weight is 152 g/mol. The average Bonchev–Trinajstić information content (AvgIpc) is 1.61. The zero-order valence-electron chi connectivity index (χ0n) is 4.53. The molecule has 0 heterocycles. The quantitative estimate of drug-likeness (QED) is 0.302. The van der Waals surface area contributed by atoms with E-state index in [0.717, 1.165) is 0 Å². The van der Waals surface area contributed by atoms with Crippen LogP contribution in [0.4, 0.5) is 0 Å². The Hall–Kier alpha value is 0.828. The third-order valence-electron chi connectivity index (χ3n) is 0.553. The Balaban J connectivity index is 2.34. The van der Waals surface area contributed by atoms with Gasteiger partial charge < -0.3 is 4.12 Å². The van der Waals surface area contributed by atoms with Crippen LogP contribution in [0.2, 0.25) is 6.55 Å². The molecule has 0 aromatic carbocycles. The van der Waals surface area contributed by atoms with Gasteiger partial charge in [0.1, 0.15) is 19.0 Å². The highest BCUT2D eigenvalue weighted by Crippen LogP contribution is 1.57. The van der Waals surface area contributed by atoms with E-state index in [9.17, 15) is 0 Å². The van der Waals surface area contributed by atoms with Crippen LogP contribution in [0, 0.1) is 0 Å². The van der Waals surface area contributed by atoms with Crippen molar-refractivity contribution in [3.8, 4) is 0 Å². The summed E-state index contributed by atoms with van der Waals surface area (Å²) in [5.41, 5.74) is 0. The molecule has 0 aliphatic heterocycles. The van der Waals surface area contributed by atoms with Crippen molar-refractivity contribution in [1.82, 2.24) is 0 Å². The summed E-state index contributed by atoms with van der Waals surface area (Å²) < 4.78 is 5.36. The van der Waals surface area contributed by atoms with Gasteiger partial charge in [0, 0.05) is 8.55 Å². The molecule has 0 radical (unpaired) electrons. The Labute approximate surface area is 48.6 Å². The summed E-state index contributed by atoms with van der Waals surface area (Å²) in [6.45, 7) is 2.22. The van der Waals surface area contributed by atoms with Crippen LogP contribution in [0.25, 0.3) is 0 Å². The third-order valence-corrected chi connectivity index (χ3v) is 11.2. The first kappa shape index (κ1) is 6.83. The first-order chi connectivity index (χ1) is 2.91. The van der Waals surface area contributed by atoms with E-state index in [4.69, 9.17) is 4.12 Å². The van der Waals surface area contributed by atoms with E-state index in [-0.39, 0.29) is 19.0 Å². The van der Waals surface area contributed by atoms with Crippen molar-refractivity contribution < 1.29 is 4.12 Å². The highest BCUT2D eigenvalue weighted by molar-refractivity contribution is 7.22. The minimum atomic E-state index is 0.0217. The molecular weight excluding hydrogens is 140 g/mol. The molecule has 0 fully saturated rings. The van der Waals surface area contributed by atoms with E-state index in [1.807, 2.05) is 0 Å². The van der Waals surface area contributed by atoms with E-state index >= 15 is 0 Å². The van der Waals surface area contributed by atoms with Crippen LogP contribution in [-0.2, 0) is 4.12 Å². The number of rotatable bonds is 3. The molecule has 0 rings (SSSR count). The van der Waals surface area contributed by atoms with Crippen molar-refractivity contribution in [1.29, 1.82) is 0 Å². The molecule has 0 N–H and O–H groups in total. The molecule has 0 amide bonds. The maximum absolute atomic E-state index is 5.36. The maximum Gasteiger partial charge on any atom is 0.142 e. The maximum atomic E-state index is 5.36. The van der Waals surface area contributed by atoms with Crippen LogP contribution in [0.3, 0.4) is 0 Å². The number of hydrogen-bond acceptors (Lipinski definition) is 1. The summed E-state index contributed by atoms with van der Waals surface area (Å²) in [7, 11) is 2.20. The Bertz CT molecular complexity index is 19.5. The van der Waals surface area contributed by atoms with Crippen molar-refractivity contribution in [2.45, 2.75) is 6.55 Å². The van der Waals surface area contributed by atoms with Crippen molar-refractivity contribution in [3.63, 3.8) is 0 Å². The largest absolute Gasteiger partial charge is 0.469 e. The van der Waals surface area contributed by atoms with E-state index in [2.05, 4.69) is 6.55 Å². The predicted octanol–water partition coefficient (Wildman–Crippen LogP) is -3.42. The fraction of sp³-hybridized carbons (Fsp3) is 1.00. The van der Waals surface area contributed by atoms with Crippen LogP contribution in [0.1, 0.15) is 0 Å². The lowest BCUT2D eigenvalue weighted by Gasteiger charge is -1.90. The smallest absolute Gasteiger partial charge is 0.142 e. The molecule has 0 aliphatic rings. The van der Waals surface area contributed by atoms with E-state index in [0.29, 0.717) is 8.55 Å². The van der Waals surface area contributed by atoms with Gasteiger partial charge in [0.15, 0.2) is 0 Å². The van der Waals surface area contributed by atoms with Crippen molar-refractivity contribution in [2.75, 3.05) is 0 Å². The second kappa shape index (κ2) is 5.83. The van der Waals surface area contributed by atoms with Crippen molar-refractivity contribution >= 4 is 37.4 Å². The van der Waals surface area contributed by atoms with Crippen LogP contribution < -0.4 is 0 Å². The van der Waals surface area contributed by atoms with Gasteiger partial charge in [0.2, 0.25) is 0 Å². The van der Waals surface area contributed by atoms with Gasteiger partial charge in [-0.05, 0) is 9.76 Å². The predicted molar refractivity (Wildman–Crippen MR) is 42.5 cm³/mol. The van der Waals surface area contributed by atoms with Gasteiger partial charge in [-0.1, -0.05) is 6.55 Å². The normalized spacial score (nSPS) is 15.5. The van der Waals surface area contributed by atoms with E-state index < -0.39 is 0 Å². The Morgan fingerprint density at radius 2 is 2.33 bits per heavy atom. The lowest BCUT2D eigenvalue weighted by molar-refractivity contribution is 0.663. The highest BCUT2D eigenvalue weighted by atomic mass is 29.5. The van der Waals surface area contributed by atoms with Crippen LogP contribution in [0.15, 0.2) is 0 Å². The highest BCUT2D eigenvalue weighted by Gasteiger charge is 1.76. The molecule has 0 aromatic heterocycles. The molecule has 0 bridgehead atoms. The summed E-state index contributed by atoms with van der Waals surface area (Å²) in [4.78, 5) is 0. The lowest BCUT2D eigenvalue weighted by atomic mass is 11.9. The van der Waals surface area contributed by atoms with E-state index in [1.54, 1.807) is 0 Å². The zero-order chi connectivity index (χ0) is 4.83. The first-order valence-corrected chi connectivity index (χ1v) is 14.7. The van der Waals surface area contributed by atoms with Gasteiger partial charge in [-0.25, -0.2) is 0 Å².